The van der Waals surface area contributed by atoms with E-state index in [4.69, 9.17) is 9.63 Å². The molecule has 1 atom stereocenters. The van der Waals surface area contributed by atoms with Crippen molar-refractivity contribution in [2.75, 3.05) is 0 Å². The van der Waals surface area contributed by atoms with E-state index in [1.54, 1.807) is 24.3 Å². The van der Waals surface area contributed by atoms with E-state index in [2.05, 4.69) is 5.16 Å². The monoisotopic (exact) mass is 233 g/mol. The second kappa shape index (κ2) is 4.39. The number of hydrogen-bond donors (Lipinski definition) is 2. The highest BCUT2D eigenvalue weighted by Gasteiger charge is 2.25. The van der Waals surface area contributed by atoms with Gasteiger partial charge >= 0.3 is 5.97 Å². The lowest BCUT2D eigenvalue weighted by Crippen LogP contribution is -2.03. The Morgan fingerprint density at radius 1 is 1.35 bits per heavy atom. The van der Waals surface area contributed by atoms with E-state index in [0.717, 1.165) is 0 Å². The van der Waals surface area contributed by atoms with Gasteiger partial charge in [-0.3, -0.25) is 0 Å². The van der Waals surface area contributed by atoms with Crippen LogP contribution < -0.4 is 0 Å². The van der Waals surface area contributed by atoms with Gasteiger partial charge in [0.25, 0.3) is 0 Å². The Morgan fingerprint density at radius 2 is 2.00 bits per heavy atom. The van der Waals surface area contributed by atoms with Crippen LogP contribution in [0.15, 0.2) is 34.9 Å². The maximum Gasteiger partial charge on any atom is 0.341 e. The van der Waals surface area contributed by atoms with Crippen LogP contribution in [0.5, 0.6) is 0 Å². The number of aromatic carboxylic acids is 1. The third-order valence-electron chi connectivity index (χ3n) is 2.36. The van der Waals surface area contributed by atoms with Gasteiger partial charge in [-0.25, -0.2) is 4.79 Å². The minimum Gasteiger partial charge on any atom is -0.477 e. The molecule has 0 saturated carbocycles. The van der Waals surface area contributed by atoms with E-state index in [1.165, 1.54) is 6.92 Å². The molecule has 2 rings (SSSR count). The van der Waals surface area contributed by atoms with E-state index >= 15 is 0 Å². The number of hydrogen-bond acceptors (Lipinski definition) is 4. The first-order valence-corrected chi connectivity index (χ1v) is 5.07. The second-order valence-electron chi connectivity index (χ2n) is 3.62. The largest absolute Gasteiger partial charge is 0.477 e. The molecule has 2 N–H and O–H groups in total. The van der Waals surface area contributed by atoms with Crippen LogP contribution in [0.1, 0.15) is 29.1 Å². The van der Waals surface area contributed by atoms with E-state index in [1.807, 2.05) is 6.07 Å². The Balaban J connectivity index is 2.60. The number of benzene rings is 1. The third kappa shape index (κ3) is 2.05. The van der Waals surface area contributed by atoms with Gasteiger partial charge in [0.1, 0.15) is 17.4 Å². The molecular weight excluding hydrogens is 222 g/mol. The summed E-state index contributed by atoms with van der Waals surface area (Å²) in [6, 6.07) is 8.83. The molecule has 1 heterocycles. The van der Waals surface area contributed by atoms with Gasteiger partial charge < -0.3 is 14.7 Å². The van der Waals surface area contributed by atoms with Crippen molar-refractivity contribution in [3.05, 3.63) is 41.7 Å². The molecule has 17 heavy (non-hydrogen) atoms. The Morgan fingerprint density at radius 3 is 2.53 bits per heavy atom. The highest BCUT2D eigenvalue weighted by atomic mass is 16.5. The Hall–Kier alpha value is -2.14. The van der Waals surface area contributed by atoms with Gasteiger partial charge in [0, 0.05) is 5.56 Å². The summed E-state index contributed by atoms with van der Waals surface area (Å²) < 4.78 is 4.89. The number of aliphatic hydroxyl groups is 1. The molecule has 0 aliphatic rings. The lowest BCUT2D eigenvalue weighted by Gasteiger charge is -2.01. The number of aliphatic hydroxyl groups excluding tert-OH is 1. The summed E-state index contributed by atoms with van der Waals surface area (Å²) in [7, 11) is 0. The first-order valence-electron chi connectivity index (χ1n) is 5.07. The molecule has 0 radical (unpaired) electrons. The van der Waals surface area contributed by atoms with Crippen molar-refractivity contribution in [3.63, 3.8) is 0 Å². The molecule has 0 amide bonds. The van der Waals surface area contributed by atoms with Crippen molar-refractivity contribution in [1.82, 2.24) is 5.16 Å². The summed E-state index contributed by atoms with van der Waals surface area (Å²) in [6.45, 7) is 1.43. The van der Waals surface area contributed by atoms with Crippen molar-refractivity contribution in [1.29, 1.82) is 0 Å². The lowest BCUT2D eigenvalue weighted by molar-refractivity contribution is 0.0685. The third-order valence-corrected chi connectivity index (χ3v) is 2.36. The van der Waals surface area contributed by atoms with Crippen LogP contribution in [-0.2, 0) is 0 Å². The van der Waals surface area contributed by atoms with Gasteiger partial charge in [0.05, 0.1) is 0 Å². The normalized spacial score (nSPS) is 12.4. The average molecular weight is 233 g/mol. The van der Waals surface area contributed by atoms with Crippen LogP contribution in [0.4, 0.5) is 0 Å². The predicted octanol–water partition coefficient (Wildman–Crippen LogP) is 2.09. The quantitative estimate of drug-likeness (QED) is 0.848. The molecular formula is C12H11NO4. The van der Waals surface area contributed by atoms with Crippen molar-refractivity contribution in [3.8, 4) is 11.3 Å². The number of carboxylic acid groups (broad SMARTS) is 1. The number of nitrogens with zero attached hydrogens (tertiary/aromatic N) is 1. The minimum absolute atomic E-state index is 0.0312. The van der Waals surface area contributed by atoms with Gasteiger partial charge in [0.15, 0.2) is 5.76 Å². The highest BCUT2D eigenvalue weighted by Crippen LogP contribution is 2.28. The minimum atomic E-state index is -1.17. The summed E-state index contributed by atoms with van der Waals surface area (Å²) in [5.41, 5.74) is 0.778. The summed E-state index contributed by atoms with van der Waals surface area (Å²) in [5, 5.41) is 22.3. The standard InChI is InChI=1S/C12H11NO4/c1-7(14)11-9(12(15)16)10(13-17-11)8-5-3-2-4-6-8/h2-7,14H,1H3,(H,15,16)/t7-/m0/s1. The molecule has 0 aliphatic heterocycles. The van der Waals surface area contributed by atoms with Crippen molar-refractivity contribution < 1.29 is 19.5 Å². The lowest BCUT2D eigenvalue weighted by atomic mass is 10.0. The first kappa shape index (κ1) is 11.3. The fourth-order valence-corrected chi connectivity index (χ4v) is 1.59. The summed E-state index contributed by atoms with van der Waals surface area (Å²) in [4.78, 5) is 11.2. The molecule has 0 unspecified atom stereocenters. The molecule has 0 spiro atoms. The smallest absolute Gasteiger partial charge is 0.341 e. The van der Waals surface area contributed by atoms with E-state index < -0.39 is 12.1 Å². The van der Waals surface area contributed by atoms with Crippen molar-refractivity contribution >= 4 is 5.97 Å². The average Bonchev–Trinajstić information content (AvgIpc) is 2.74. The van der Waals surface area contributed by atoms with Crippen LogP contribution in [0.2, 0.25) is 0 Å². The van der Waals surface area contributed by atoms with Crippen LogP contribution in [0.3, 0.4) is 0 Å². The molecule has 0 bridgehead atoms. The van der Waals surface area contributed by atoms with Gasteiger partial charge in [-0.1, -0.05) is 35.5 Å². The predicted molar refractivity (Wildman–Crippen MR) is 59.5 cm³/mol. The number of carboxylic acids is 1. The van der Waals surface area contributed by atoms with Crippen LogP contribution in [0, 0.1) is 0 Å². The molecule has 5 heteroatoms. The molecule has 0 fully saturated rings. The molecule has 5 nitrogen and oxygen atoms in total. The van der Waals surface area contributed by atoms with E-state index in [-0.39, 0.29) is 17.0 Å². The molecule has 1 aromatic carbocycles. The van der Waals surface area contributed by atoms with Gasteiger partial charge in [0.2, 0.25) is 0 Å². The highest BCUT2D eigenvalue weighted by molar-refractivity contribution is 5.95. The number of aromatic nitrogens is 1. The fourth-order valence-electron chi connectivity index (χ4n) is 1.59. The maximum atomic E-state index is 11.2. The van der Waals surface area contributed by atoms with Gasteiger partial charge in [-0.15, -0.1) is 0 Å². The molecule has 2 aromatic rings. The summed E-state index contributed by atoms with van der Waals surface area (Å²) >= 11 is 0. The zero-order chi connectivity index (χ0) is 12.4. The topological polar surface area (TPSA) is 83.6 Å². The van der Waals surface area contributed by atoms with Crippen molar-refractivity contribution in [2.24, 2.45) is 0 Å². The second-order valence-corrected chi connectivity index (χ2v) is 3.62. The van der Waals surface area contributed by atoms with Gasteiger partial charge in [-0.2, -0.15) is 0 Å². The molecule has 88 valence electrons. The molecule has 0 saturated heterocycles. The van der Waals surface area contributed by atoms with Crippen molar-refractivity contribution in [2.45, 2.75) is 13.0 Å². The van der Waals surface area contributed by atoms with Crippen LogP contribution >= 0.6 is 0 Å². The summed E-state index contributed by atoms with van der Waals surface area (Å²) in [5.74, 6) is -1.20. The van der Waals surface area contributed by atoms with E-state index in [0.29, 0.717) is 5.56 Å². The zero-order valence-electron chi connectivity index (χ0n) is 9.12. The van der Waals surface area contributed by atoms with E-state index in [9.17, 15) is 9.90 Å². The SMILES string of the molecule is C[C@H](O)c1onc(-c2ccccc2)c1C(=O)O. The molecule has 1 aromatic heterocycles. The van der Waals surface area contributed by atoms with Gasteiger partial charge in [-0.05, 0) is 6.92 Å². The Labute approximate surface area is 97.3 Å². The number of carbonyl (C=O) groups is 1. The Bertz CT molecular complexity index is 531. The first-order chi connectivity index (χ1) is 8.11. The summed E-state index contributed by atoms with van der Waals surface area (Å²) in [6.07, 6.45) is -1.01. The number of rotatable bonds is 3. The molecule has 0 aliphatic carbocycles. The van der Waals surface area contributed by atoms with Crippen LogP contribution in [0.25, 0.3) is 11.3 Å². The van der Waals surface area contributed by atoms with Crippen LogP contribution in [-0.4, -0.2) is 21.3 Å². The zero-order valence-corrected chi connectivity index (χ0v) is 9.12. The maximum absolute atomic E-state index is 11.2. The Kier molecular flexibility index (Phi) is 2.93. The fraction of sp³-hybridized carbons (Fsp3) is 0.167.